The Balaban J connectivity index is 0.000000671. The van der Waals surface area contributed by atoms with Crippen molar-refractivity contribution in [2.45, 2.75) is 20.8 Å². The normalized spacial score (nSPS) is 8.62. The van der Waals surface area contributed by atoms with Crippen molar-refractivity contribution in [2.75, 3.05) is 0 Å². The van der Waals surface area contributed by atoms with Crippen LogP contribution in [0.15, 0.2) is 12.1 Å². The van der Waals surface area contributed by atoms with Crippen molar-refractivity contribution in [3.05, 3.63) is 29.1 Å². The molecule has 0 aliphatic rings. The van der Waals surface area contributed by atoms with Gasteiger partial charge < -0.3 is 5.11 Å². The van der Waals surface area contributed by atoms with Crippen LogP contribution < -0.4 is 0 Å². The highest BCUT2D eigenvalue weighted by molar-refractivity contribution is 5.79. The summed E-state index contributed by atoms with van der Waals surface area (Å²) in [4.78, 5) is 10.2. The summed E-state index contributed by atoms with van der Waals surface area (Å²) in [6.07, 6.45) is 0.303. The van der Waals surface area contributed by atoms with Crippen LogP contribution in [-0.4, -0.2) is 11.4 Å². The van der Waals surface area contributed by atoms with Crippen molar-refractivity contribution in [1.82, 2.24) is 0 Å². The van der Waals surface area contributed by atoms with Crippen LogP contribution in [-0.2, 0) is 0 Å². The Hall–Kier alpha value is -1.38. The van der Waals surface area contributed by atoms with Gasteiger partial charge in [0.05, 0.1) is 5.56 Å². The van der Waals surface area contributed by atoms with Crippen LogP contribution >= 0.6 is 0 Å². The average molecular weight is 184 g/mol. The van der Waals surface area contributed by atoms with Gasteiger partial charge in [-0.2, -0.15) is 0 Å². The fourth-order valence-corrected chi connectivity index (χ4v) is 0.804. The van der Waals surface area contributed by atoms with Crippen LogP contribution in [0.2, 0.25) is 0 Å². The van der Waals surface area contributed by atoms with E-state index in [1.165, 1.54) is 19.1 Å². The van der Waals surface area contributed by atoms with Gasteiger partial charge in [-0.3, -0.25) is 4.79 Å². The summed E-state index contributed by atoms with van der Waals surface area (Å²) in [7, 11) is 0. The maximum absolute atomic E-state index is 12.9. The van der Waals surface area contributed by atoms with Crippen molar-refractivity contribution in [3.63, 3.8) is 0 Å². The van der Waals surface area contributed by atoms with E-state index in [2.05, 4.69) is 0 Å². The number of benzene rings is 1. The predicted octanol–water partition coefficient (Wildman–Crippen LogP) is 2.68. The molecule has 0 aromatic heterocycles. The van der Waals surface area contributed by atoms with Crippen LogP contribution in [0, 0.1) is 12.7 Å². The van der Waals surface area contributed by atoms with E-state index in [1.54, 1.807) is 0 Å². The molecule has 1 aromatic carbocycles. The summed E-state index contributed by atoms with van der Waals surface area (Å²) in [6.45, 7) is 5.53. The first-order valence-electron chi connectivity index (χ1n) is 4.10. The molecule has 0 spiro atoms. The van der Waals surface area contributed by atoms with Gasteiger partial charge in [-0.15, -0.1) is 0 Å². The van der Waals surface area contributed by atoms with Gasteiger partial charge in [0.2, 0.25) is 0 Å². The van der Waals surface area contributed by atoms with Crippen LogP contribution in [0.1, 0.15) is 29.8 Å². The first kappa shape index (κ1) is 11.6. The highest BCUT2D eigenvalue weighted by Gasteiger charge is 2.08. The molecule has 0 saturated heterocycles. The topological polar surface area (TPSA) is 37.3 Å². The number of halogens is 1. The van der Waals surface area contributed by atoms with Gasteiger partial charge in [0.15, 0.2) is 6.29 Å². The smallest absolute Gasteiger partial charge is 0.156 e. The SMILES string of the molecule is CC.Cc1ccc(O)c(C=O)c1F. The predicted molar refractivity (Wildman–Crippen MR) is 49.5 cm³/mol. The quantitative estimate of drug-likeness (QED) is 0.681. The van der Waals surface area contributed by atoms with Crippen molar-refractivity contribution >= 4 is 6.29 Å². The molecule has 0 atom stereocenters. The maximum atomic E-state index is 12.9. The number of hydrogen-bond donors (Lipinski definition) is 1. The maximum Gasteiger partial charge on any atom is 0.156 e. The standard InChI is InChI=1S/C8H7FO2.C2H6/c1-5-2-3-7(11)6(4-10)8(5)9;1-2/h2-4,11H,1H3;1-2H3. The number of aromatic hydroxyl groups is 1. The van der Waals surface area contributed by atoms with Gasteiger partial charge in [-0.1, -0.05) is 19.9 Å². The van der Waals surface area contributed by atoms with Crippen LogP contribution in [0.4, 0.5) is 4.39 Å². The Morgan fingerprint density at radius 2 is 1.92 bits per heavy atom. The van der Waals surface area contributed by atoms with E-state index in [0.29, 0.717) is 11.8 Å². The Bertz CT molecular complexity index is 295. The second-order valence-electron chi connectivity index (χ2n) is 2.25. The largest absolute Gasteiger partial charge is 0.507 e. The Labute approximate surface area is 77.0 Å². The van der Waals surface area contributed by atoms with E-state index in [0.717, 1.165) is 0 Å². The molecule has 1 aromatic rings. The fraction of sp³-hybridized carbons (Fsp3) is 0.300. The third kappa shape index (κ3) is 2.54. The Kier molecular flexibility index (Phi) is 4.74. The lowest BCUT2D eigenvalue weighted by atomic mass is 10.1. The monoisotopic (exact) mass is 184 g/mol. The molecule has 3 heteroatoms. The zero-order valence-corrected chi connectivity index (χ0v) is 7.97. The number of aldehydes is 1. The number of hydrogen-bond acceptors (Lipinski definition) is 2. The molecule has 0 fully saturated rings. The summed E-state index contributed by atoms with van der Waals surface area (Å²) < 4.78 is 12.9. The number of phenolic OH excluding ortho intramolecular Hbond substituents is 1. The summed E-state index contributed by atoms with van der Waals surface area (Å²) in [5.74, 6) is -0.969. The number of carbonyl (C=O) groups is 1. The van der Waals surface area contributed by atoms with Gasteiger partial charge in [0.25, 0.3) is 0 Å². The molecule has 0 bridgehead atoms. The molecule has 1 N–H and O–H groups in total. The zero-order chi connectivity index (χ0) is 10.4. The minimum Gasteiger partial charge on any atom is -0.507 e. The average Bonchev–Trinajstić information content (AvgIpc) is 2.16. The first-order valence-corrected chi connectivity index (χ1v) is 4.10. The lowest BCUT2D eigenvalue weighted by Gasteiger charge is -2.00. The summed E-state index contributed by atoms with van der Waals surface area (Å²) in [5, 5.41) is 8.94. The van der Waals surface area contributed by atoms with Gasteiger partial charge >= 0.3 is 0 Å². The molecule has 1 rings (SSSR count). The van der Waals surface area contributed by atoms with Crippen molar-refractivity contribution in [3.8, 4) is 5.75 Å². The van der Waals surface area contributed by atoms with Gasteiger partial charge in [0, 0.05) is 0 Å². The van der Waals surface area contributed by atoms with Crippen molar-refractivity contribution in [2.24, 2.45) is 0 Å². The summed E-state index contributed by atoms with van der Waals surface area (Å²) in [5.41, 5.74) is 0.0786. The number of carbonyl (C=O) groups excluding carboxylic acids is 1. The van der Waals surface area contributed by atoms with Crippen LogP contribution in [0.5, 0.6) is 5.75 Å². The summed E-state index contributed by atoms with van der Waals surface area (Å²) in [6, 6.07) is 2.71. The molecular formula is C10H13FO2. The summed E-state index contributed by atoms with van der Waals surface area (Å²) >= 11 is 0. The molecule has 0 aliphatic heterocycles. The minimum absolute atomic E-state index is 0.273. The molecule has 0 saturated carbocycles. The Morgan fingerprint density at radius 3 is 2.31 bits per heavy atom. The third-order valence-corrected chi connectivity index (χ3v) is 1.47. The molecule has 0 radical (unpaired) electrons. The number of aryl methyl sites for hydroxylation is 1. The second kappa shape index (κ2) is 5.30. The van der Waals surface area contributed by atoms with Gasteiger partial charge in [-0.05, 0) is 18.6 Å². The second-order valence-corrected chi connectivity index (χ2v) is 2.25. The lowest BCUT2D eigenvalue weighted by Crippen LogP contribution is -1.91. The van der Waals surface area contributed by atoms with E-state index < -0.39 is 5.82 Å². The molecule has 2 nitrogen and oxygen atoms in total. The van der Waals surface area contributed by atoms with Crippen LogP contribution in [0.3, 0.4) is 0 Å². The molecule has 0 unspecified atom stereocenters. The fourth-order valence-electron chi connectivity index (χ4n) is 0.804. The minimum atomic E-state index is -0.653. The molecule has 0 heterocycles. The third-order valence-electron chi connectivity index (χ3n) is 1.47. The zero-order valence-electron chi connectivity index (χ0n) is 7.97. The highest BCUT2D eigenvalue weighted by Crippen LogP contribution is 2.20. The van der Waals surface area contributed by atoms with Gasteiger partial charge in [0.1, 0.15) is 11.6 Å². The number of phenols is 1. The van der Waals surface area contributed by atoms with E-state index in [9.17, 15) is 9.18 Å². The van der Waals surface area contributed by atoms with Crippen LogP contribution in [0.25, 0.3) is 0 Å². The van der Waals surface area contributed by atoms with Gasteiger partial charge in [-0.25, -0.2) is 4.39 Å². The van der Waals surface area contributed by atoms with E-state index in [4.69, 9.17) is 5.11 Å². The lowest BCUT2D eigenvalue weighted by molar-refractivity contribution is 0.111. The van der Waals surface area contributed by atoms with E-state index >= 15 is 0 Å². The van der Waals surface area contributed by atoms with Crippen molar-refractivity contribution in [1.29, 1.82) is 0 Å². The van der Waals surface area contributed by atoms with E-state index in [-0.39, 0.29) is 11.3 Å². The molecular weight excluding hydrogens is 171 g/mol. The molecule has 13 heavy (non-hydrogen) atoms. The highest BCUT2D eigenvalue weighted by atomic mass is 19.1. The Morgan fingerprint density at radius 1 is 1.38 bits per heavy atom. The molecule has 72 valence electrons. The molecule has 0 aliphatic carbocycles. The first-order chi connectivity index (χ1) is 6.16. The molecule has 0 amide bonds. The number of rotatable bonds is 1. The van der Waals surface area contributed by atoms with Crippen molar-refractivity contribution < 1.29 is 14.3 Å². The van der Waals surface area contributed by atoms with E-state index in [1.807, 2.05) is 13.8 Å².